The smallest absolute Gasteiger partial charge is 0.239 e. The summed E-state index contributed by atoms with van der Waals surface area (Å²) in [6, 6.07) is 4.00. The van der Waals surface area contributed by atoms with Crippen LogP contribution in [0.15, 0.2) is 35.3 Å². The fraction of sp³-hybridized carbons (Fsp3) is 0.357. The van der Waals surface area contributed by atoms with Crippen LogP contribution in [-0.4, -0.2) is 26.2 Å². The zero-order valence-corrected chi connectivity index (χ0v) is 11.7. The van der Waals surface area contributed by atoms with Crippen molar-refractivity contribution in [3.63, 3.8) is 0 Å². The second-order valence-corrected chi connectivity index (χ2v) is 4.53. The molecule has 0 aliphatic carbocycles. The van der Waals surface area contributed by atoms with Gasteiger partial charge in [0.15, 0.2) is 0 Å². The van der Waals surface area contributed by atoms with E-state index in [1.54, 1.807) is 25.8 Å². The summed E-state index contributed by atoms with van der Waals surface area (Å²) in [5.41, 5.74) is 2.99. The number of nitrogens with zero attached hydrogens (tertiary/aromatic N) is 2. The number of hydrogen-bond donors (Lipinski definition) is 1. The van der Waals surface area contributed by atoms with Gasteiger partial charge in [0.2, 0.25) is 5.88 Å². The third kappa shape index (κ3) is 2.81. The highest BCUT2D eigenvalue weighted by atomic mass is 16.5. The Hall–Kier alpha value is -2.17. The van der Waals surface area contributed by atoms with E-state index >= 15 is 0 Å². The summed E-state index contributed by atoms with van der Waals surface area (Å²) in [5, 5.41) is 3.42. The zero-order chi connectivity index (χ0) is 13.8. The molecule has 0 bridgehead atoms. The van der Waals surface area contributed by atoms with Crippen molar-refractivity contribution in [2.45, 2.75) is 13.0 Å². The number of methoxy groups -OCH3 is 1. The van der Waals surface area contributed by atoms with E-state index in [4.69, 9.17) is 9.15 Å². The highest BCUT2D eigenvalue weighted by Crippen LogP contribution is 2.34. The maximum Gasteiger partial charge on any atom is 0.239 e. The molecule has 0 radical (unpaired) electrons. The van der Waals surface area contributed by atoms with Crippen molar-refractivity contribution in [1.82, 2.24) is 4.98 Å². The molecule has 5 heteroatoms. The third-order valence-corrected chi connectivity index (χ3v) is 2.97. The molecule has 0 saturated carbocycles. The van der Waals surface area contributed by atoms with Crippen LogP contribution >= 0.6 is 0 Å². The van der Waals surface area contributed by atoms with Crippen LogP contribution in [0.2, 0.25) is 0 Å². The fourth-order valence-electron chi connectivity index (χ4n) is 1.92. The van der Waals surface area contributed by atoms with Crippen LogP contribution in [0.3, 0.4) is 0 Å². The predicted molar refractivity (Wildman–Crippen MR) is 75.9 cm³/mol. The molecule has 102 valence electrons. The first-order valence-corrected chi connectivity index (χ1v) is 6.12. The maximum atomic E-state index is 5.33. The van der Waals surface area contributed by atoms with Crippen LogP contribution in [0.1, 0.15) is 18.5 Å². The summed E-state index contributed by atoms with van der Waals surface area (Å²) in [6.07, 6.45) is 5.14. The van der Waals surface area contributed by atoms with Crippen molar-refractivity contribution in [3.05, 3.63) is 36.4 Å². The van der Waals surface area contributed by atoms with Crippen LogP contribution < -0.4 is 15.0 Å². The molecule has 2 aromatic rings. The average Bonchev–Trinajstić information content (AvgIpc) is 2.92. The minimum Gasteiger partial charge on any atom is -0.479 e. The van der Waals surface area contributed by atoms with Crippen molar-refractivity contribution in [2.75, 3.05) is 31.4 Å². The topological polar surface area (TPSA) is 50.5 Å². The molecule has 0 aromatic carbocycles. The Morgan fingerprint density at radius 1 is 1.37 bits per heavy atom. The molecular weight excluding hydrogens is 242 g/mol. The molecule has 19 heavy (non-hydrogen) atoms. The molecule has 1 atom stereocenters. The summed E-state index contributed by atoms with van der Waals surface area (Å²) in [7, 11) is 5.60. The quantitative estimate of drug-likeness (QED) is 0.896. The van der Waals surface area contributed by atoms with E-state index in [9.17, 15) is 0 Å². The number of rotatable bonds is 5. The SMILES string of the molecule is COc1nccc(N(C)C)c1NC(C)c1ccoc1. The number of aromatic nitrogens is 1. The van der Waals surface area contributed by atoms with E-state index in [0.29, 0.717) is 5.88 Å². The van der Waals surface area contributed by atoms with E-state index in [2.05, 4.69) is 17.2 Å². The summed E-state index contributed by atoms with van der Waals surface area (Å²) < 4.78 is 10.4. The van der Waals surface area contributed by atoms with E-state index in [-0.39, 0.29) is 6.04 Å². The lowest BCUT2D eigenvalue weighted by Crippen LogP contribution is -2.15. The van der Waals surface area contributed by atoms with E-state index in [1.165, 1.54) is 0 Å². The van der Waals surface area contributed by atoms with Gasteiger partial charge < -0.3 is 19.4 Å². The van der Waals surface area contributed by atoms with E-state index in [0.717, 1.165) is 16.9 Å². The Kier molecular flexibility index (Phi) is 3.94. The molecule has 2 aromatic heterocycles. The third-order valence-electron chi connectivity index (χ3n) is 2.97. The molecule has 2 rings (SSSR count). The Balaban J connectivity index is 2.32. The number of hydrogen-bond acceptors (Lipinski definition) is 5. The summed E-state index contributed by atoms with van der Waals surface area (Å²) >= 11 is 0. The first-order chi connectivity index (χ1) is 9.13. The van der Waals surface area contributed by atoms with E-state index in [1.807, 2.05) is 31.1 Å². The van der Waals surface area contributed by atoms with Crippen LogP contribution in [0, 0.1) is 0 Å². The highest BCUT2D eigenvalue weighted by Gasteiger charge is 2.15. The van der Waals surface area contributed by atoms with Gasteiger partial charge in [0.1, 0.15) is 5.69 Å². The first kappa shape index (κ1) is 13.3. The van der Waals surface area contributed by atoms with Gasteiger partial charge in [0.05, 0.1) is 31.4 Å². The summed E-state index contributed by atoms with van der Waals surface area (Å²) in [4.78, 5) is 6.26. The summed E-state index contributed by atoms with van der Waals surface area (Å²) in [6.45, 7) is 2.07. The van der Waals surface area contributed by atoms with Crippen LogP contribution in [0.5, 0.6) is 5.88 Å². The number of nitrogens with one attached hydrogen (secondary N) is 1. The average molecular weight is 261 g/mol. The zero-order valence-electron chi connectivity index (χ0n) is 11.7. The van der Waals surface area contributed by atoms with Crippen molar-refractivity contribution in [2.24, 2.45) is 0 Å². The van der Waals surface area contributed by atoms with Crippen molar-refractivity contribution in [3.8, 4) is 5.88 Å². The van der Waals surface area contributed by atoms with Crippen LogP contribution in [-0.2, 0) is 0 Å². The lowest BCUT2D eigenvalue weighted by Gasteiger charge is -2.22. The van der Waals surface area contributed by atoms with E-state index < -0.39 is 0 Å². The maximum absolute atomic E-state index is 5.33. The molecule has 0 aliphatic heterocycles. The Bertz CT molecular complexity index is 523. The van der Waals surface area contributed by atoms with Gasteiger partial charge in [-0.2, -0.15) is 0 Å². The minimum absolute atomic E-state index is 0.107. The highest BCUT2D eigenvalue weighted by molar-refractivity contribution is 5.74. The summed E-state index contributed by atoms with van der Waals surface area (Å²) in [5.74, 6) is 0.585. The second-order valence-electron chi connectivity index (χ2n) is 4.53. The van der Waals surface area contributed by atoms with Crippen molar-refractivity contribution < 1.29 is 9.15 Å². The minimum atomic E-state index is 0.107. The second kappa shape index (κ2) is 5.65. The molecular formula is C14H19N3O2. The molecule has 0 amide bonds. The van der Waals surface area contributed by atoms with Crippen LogP contribution in [0.4, 0.5) is 11.4 Å². The largest absolute Gasteiger partial charge is 0.479 e. The van der Waals surface area contributed by atoms with Gasteiger partial charge in [-0.3, -0.25) is 0 Å². The molecule has 2 heterocycles. The van der Waals surface area contributed by atoms with Gasteiger partial charge in [0, 0.05) is 25.9 Å². The van der Waals surface area contributed by atoms with Gasteiger partial charge in [0.25, 0.3) is 0 Å². The van der Waals surface area contributed by atoms with Gasteiger partial charge in [-0.15, -0.1) is 0 Å². The molecule has 5 nitrogen and oxygen atoms in total. The number of furan rings is 1. The molecule has 1 unspecified atom stereocenters. The van der Waals surface area contributed by atoms with Crippen molar-refractivity contribution >= 4 is 11.4 Å². The normalized spacial score (nSPS) is 12.0. The monoisotopic (exact) mass is 261 g/mol. The van der Waals surface area contributed by atoms with Gasteiger partial charge in [-0.05, 0) is 19.1 Å². The Morgan fingerprint density at radius 2 is 2.16 bits per heavy atom. The lowest BCUT2D eigenvalue weighted by atomic mass is 10.1. The molecule has 0 fully saturated rings. The first-order valence-electron chi connectivity index (χ1n) is 6.12. The molecule has 0 aliphatic rings. The fourth-order valence-corrected chi connectivity index (χ4v) is 1.92. The number of anilines is 2. The van der Waals surface area contributed by atoms with Gasteiger partial charge in [-0.1, -0.05) is 0 Å². The predicted octanol–water partition coefficient (Wildman–Crippen LogP) is 2.92. The Morgan fingerprint density at radius 3 is 2.74 bits per heavy atom. The molecule has 1 N–H and O–H groups in total. The van der Waals surface area contributed by atoms with Gasteiger partial charge in [-0.25, -0.2) is 4.98 Å². The standard InChI is InChI=1S/C14H19N3O2/c1-10(11-6-8-19-9-11)16-13-12(17(2)3)5-7-15-14(13)18-4/h5-10,16H,1-4H3. The Labute approximate surface area is 113 Å². The molecule has 0 saturated heterocycles. The van der Waals surface area contributed by atoms with Crippen molar-refractivity contribution in [1.29, 1.82) is 0 Å². The van der Waals surface area contributed by atoms with Gasteiger partial charge >= 0.3 is 0 Å². The number of pyridine rings is 1. The van der Waals surface area contributed by atoms with Crippen LogP contribution in [0.25, 0.3) is 0 Å². The molecule has 0 spiro atoms. The lowest BCUT2D eigenvalue weighted by molar-refractivity contribution is 0.399. The number of ether oxygens (including phenoxy) is 1.